The maximum atomic E-state index is 6.15. The van der Waals surface area contributed by atoms with E-state index in [-0.39, 0.29) is 0 Å². The Hall–Kier alpha value is -0.280. The average molecular weight is 303 g/mol. The Bertz CT molecular complexity index is 384. The van der Waals surface area contributed by atoms with Gasteiger partial charge < -0.3 is 5.32 Å². The van der Waals surface area contributed by atoms with Crippen LogP contribution in [0, 0.1) is 0 Å². The summed E-state index contributed by atoms with van der Waals surface area (Å²) in [6.45, 7) is 11.7. The molecule has 1 rings (SSSR count). The van der Waals surface area contributed by atoms with E-state index in [1.54, 1.807) is 0 Å². The second-order valence-electron chi connectivity index (χ2n) is 5.32. The summed E-state index contributed by atoms with van der Waals surface area (Å²) in [5, 5.41) is 4.70. The number of hydrogen-bond acceptors (Lipinski definition) is 2. The summed E-state index contributed by atoms with van der Waals surface area (Å²) in [5.41, 5.74) is 1.05. The molecule has 1 aromatic rings. The second-order valence-corrected chi connectivity index (χ2v) is 6.10. The largest absolute Gasteiger partial charge is 0.311 e. The number of benzene rings is 1. The zero-order chi connectivity index (χ0) is 14.4. The molecule has 0 fully saturated rings. The van der Waals surface area contributed by atoms with Crippen molar-refractivity contribution in [2.24, 2.45) is 0 Å². The fourth-order valence-corrected chi connectivity index (χ4v) is 2.62. The fraction of sp³-hybridized carbons (Fsp3) is 0.600. The lowest BCUT2D eigenvalue weighted by Crippen LogP contribution is -2.41. The lowest BCUT2D eigenvalue weighted by molar-refractivity contribution is 0.176. The maximum Gasteiger partial charge on any atom is 0.0637 e. The van der Waals surface area contributed by atoms with Gasteiger partial charge in [0.15, 0.2) is 0 Å². The molecular weight excluding hydrogens is 279 g/mol. The molecule has 0 aliphatic rings. The Kier molecular flexibility index (Phi) is 7.16. The van der Waals surface area contributed by atoms with Gasteiger partial charge in [0.25, 0.3) is 0 Å². The van der Waals surface area contributed by atoms with Crippen molar-refractivity contribution >= 4 is 23.2 Å². The molecular formula is C15H24Cl2N2. The first kappa shape index (κ1) is 16.8. The van der Waals surface area contributed by atoms with Crippen LogP contribution in [0.25, 0.3) is 0 Å². The molecule has 0 saturated heterocycles. The predicted octanol–water partition coefficient (Wildman–Crippen LogP) is 4.20. The van der Waals surface area contributed by atoms with Crippen molar-refractivity contribution in [2.45, 2.75) is 46.3 Å². The summed E-state index contributed by atoms with van der Waals surface area (Å²) in [6, 6.07) is 6.88. The van der Waals surface area contributed by atoms with Gasteiger partial charge in [0.05, 0.1) is 10.0 Å². The first-order valence-corrected chi connectivity index (χ1v) is 7.58. The molecule has 0 heterocycles. The van der Waals surface area contributed by atoms with Gasteiger partial charge in [0.1, 0.15) is 0 Å². The van der Waals surface area contributed by atoms with Gasteiger partial charge in [0, 0.05) is 31.7 Å². The molecule has 4 heteroatoms. The summed E-state index contributed by atoms with van der Waals surface area (Å²) < 4.78 is 0. The quantitative estimate of drug-likeness (QED) is 0.759. The van der Waals surface area contributed by atoms with Crippen LogP contribution in [0.15, 0.2) is 18.2 Å². The lowest BCUT2D eigenvalue weighted by atomic mass is 10.2. The lowest BCUT2D eigenvalue weighted by Gasteiger charge is -2.30. The van der Waals surface area contributed by atoms with Crippen LogP contribution in [0.5, 0.6) is 0 Å². The normalized spacial score (nSPS) is 11.8. The Morgan fingerprint density at radius 3 is 2.32 bits per heavy atom. The van der Waals surface area contributed by atoms with Crippen LogP contribution in [0.3, 0.4) is 0 Å². The minimum absolute atomic E-state index is 0.566. The van der Waals surface area contributed by atoms with Gasteiger partial charge in [-0.15, -0.1) is 0 Å². The number of halogens is 2. The molecule has 0 radical (unpaired) electrons. The SMILES string of the molecule is CC(C)N(CCNCc1cccc(Cl)c1Cl)C(C)C. The van der Waals surface area contributed by atoms with Crippen LogP contribution in [-0.2, 0) is 6.54 Å². The highest BCUT2D eigenvalue weighted by atomic mass is 35.5. The Balaban J connectivity index is 2.40. The van der Waals surface area contributed by atoms with Gasteiger partial charge in [-0.05, 0) is 39.3 Å². The van der Waals surface area contributed by atoms with E-state index < -0.39 is 0 Å². The standard InChI is InChI=1S/C15H24Cl2N2/c1-11(2)19(12(3)4)9-8-18-10-13-6-5-7-14(16)15(13)17/h5-7,11-12,18H,8-10H2,1-4H3. The molecule has 0 bridgehead atoms. The number of hydrogen-bond donors (Lipinski definition) is 1. The first-order chi connectivity index (χ1) is 8.93. The van der Waals surface area contributed by atoms with Crippen molar-refractivity contribution in [3.63, 3.8) is 0 Å². The molecule has 1 N–H and O–H groups in total. The van der Waals surface area contributed by atoms with Crippen molar-refractivity contribution in [1.29, 1.82) is 0 Å². The predicted molar refractivity (Wildman–Crippen MR) is 85.1 cm³/mol. The Morgan fingerprint density at radius 2 is 1.74 bits per heavy atom. The molecule has 0 saturated carbocycles. The van der Waals surface area contributed by atoms with E-state index in [4.69, 9.17) is 23.2 Å². The van der Waals surface area contributed by atoms with Crippen LogP contribution >= 0.6 is 23.2 Å². The second kappa shape index (κ2) is 8.11. The average Bonchev–Trinajstić information content (AvgIpc) is 2.33. The van der Waals surface area contributed by atoms with E-state index in [1.165, 1.54) is 0 Å². The van der Waals surface area contributed by atoms with Gasteiger partial charge in [0.2, 0.25) is 0 Å². The smallest absolute Gasteiger partial charge is 0.0637 e. The van der Waals surface area contributed by atoms with E-state index >= 15 is 0 Å². The van der Waals surface area contributed by atoms with Crippen molar-refractivity contribution in [3.05, 3.63) is 33.8 Å². The van der Waals surface area contributed by atoms with Crippen LogP contribution in [0.4, 0.5) is 0 Å². The molecule has 0 amide bonds. The minimum Gasteiger partial charge on any atom is -0.311 e. The van der Waals surface area contributed by atoms with E-state index in [2.05, 4.69) is 37.9 Å². The van der Waals surface area contributed by atoms with Gasteiger partial charge in [-0.2, -0.15) is 0 Å². The molecule has 2 nitrogen and oxygen atoms in total. The maximum absolute atomic E-state index is 6.15. The molecule has 0 spiro atoms. The third-order valence-corrected chi connectivity index (χ3v) is 4.08. The molecule has 108 valence electrons. The van der Waals surface area contributed by atoms with E-state index in [0.29, 0.717) is 22.1 Å². The number of nitrogens with one attached hydrogen (secondary N) is 1. The van der Waals surface area contributed by atoms with Gasteiger partial charge in [-0.1, -0.05) is 35.3 Å². The van der Waals surface area contributed by atoms with Crippen molar-refractivity contribution in [2.75, 3.05) is 13.1 Å². The van der Waals surface area contributed by atoms with Crippen molar-refractivity contribution < 1.29 is 0 Å². The number of rotatable bonds is 7. The molecule has 1 aromatic carbocycles. The van der Waals surface area contributed by atoms with Gasteiger partial charge in [-0.25, -0.2) is 0 Å². The van der Waals surface area contributed by atoms with Crippen LogP contribution in [-0.4, -0.2) is 30.1 Å². The van der Waals surface area contributed by atoms with Crippen LogP contribution < -0.4 is 5.32 Å². The number of nitrogens with zero attached hydrogens (tertiary/aromatic N) is 1. The summed E-state index contributed by atoms with van der Waals surface area (Å²) in [6.07, 6.45) is 0. The molecule has 0 aliphatic carbocycles. The van der Waals surface area contributed by atoms with Crippen LogP contribution in [0.1, 0.15) is 33.3 Å². The zero-order valence-corrected chi connectivity index (χ0v) is 13.7. The summed E-state index contributed by atoms with van der Waals surface area (Å²) in [4.78, 5) is 2.46. The summed E-state index contributed by atoms with van der Waals surface area (Å²) in [5.74, 6) is 0. The molecule has 0 unspecified atom stereocenters. The van der Waals surface area contributed by atoms with Crippen molar-refractivity contribution in [1.82, 2.24) is 10.2 Å². The molecule has 0 atom stereocenters. The Morgan fingerprint density at radius 1 is 1.11 bits per heavy atom. The van der Waals surface area contributed by atoms with Crippen LogP contribution in [0.2, 0.25) is 10.0 Å². The molecule has 0 aromatic heterocycles. The monoisotopic (exact) mass is 302 g/mol. The first-order valence-electron chi connectivity index (χ1n) is 6.82. The molecule has 0 aliphatic heterocycles. The van der Waals surface area contributed by atoms with Crippen molar-refractivity contribution in [3.8, 4) is 0 Å². The van der Waals surface area contributed by atoms with E-state index in [0.717, 1.165) is 25.2 Å². The topological polar surface area (TPSA) is 15.3 Å². The summed E-state index contributed by atoms with van der Waals surface area (Å²) in [7, 11) is 0. The third kappa shape index (κ3) is 5.31. The highest BCUT2D eigenvalue weighted by Gasteiger charge is 2.12. The van der Waals surface area contributed by atoms with E-state index in [1.807, 2.05) is 18.2 Å². The Labute approximate surface area is 127 Å². The highest BCUT2D eigenvalue weighted by molar-refractivity contribution is 6.42. The summed E-state index contributed by atoms with van der Waals surface area (Å²) >= 11 is 12.1. The fourth-order valence-electron chi connectivity index (χ4n) is 2.23. The highest BCUT2D eigenvalue weighted by Crippen LogP contribution is 2.25. The minimum atomic E-state index is 0.566. The molecule has 19 heavy (non-hydrogen) atoms. The van der Waals surface area contributed by atoms with E-state index in [9.17, 15) is 0 Å². The van der Waals surface area contributed by atoms with Gasteiger partial charge in [-0.3, -0.25) is 4.90 Å². The third-order valence-electron chi connectivity index (χ3n) is 3.22. The zero-order valence-electron chi connectivity index (χ0n) is 12.2. The van der Waals surface area contributed by atoms with Gasteiger partial charge >= 0.3 is 0 Å².